The van der Waals surface area contributed by atoms with Gasteiger partial charge < -0.3 is 9.32 Å². The molecule has 0 saturated carbocycles. The summed E-state index contributed by atoms with van der Waals surface area (Å²) in [5.74, 6) is -1.01. The molecule has 1 saturated heterocycles. The van der Waals surface area contributed by atoms with Gasteiger partial charge in [-0.15, -0.1) is 15.3 Å². The van der Waals surface area contributed by atoms with Crippen LogP contribution in [0.5, 0.6) is 0 Å². The highest BCUT2D eigenvalue weighted by atomic mass is 19.3. The number of hydrogen-bond acceptors (Lipinski definition) is 8. The van der Waals surface area contributed by atoms with Crippen LogP contribution in [-0.2, 0) is 12.0 Å². The normalized spacial score (nSPS) is 17.2. The van der Waals surface area contributed by atoms with Crippen LogP contribution in [0.3, 0.4) is 0 Å². The number of aromatic nitrogens is 7. The zero-order valence-corrected chi connectivity index (χ0v) is 15.6. The van der Waals surface area contributed by atoms with E-state index in [1.165, 1.54) is 4.68 Å². The second kappa shape index (κ2) is 5.89. The Morgan fingerprint density at radius 2 is 1.93 bits per heavy atom. The van der Waals surface area contributed by atoms with E-state index in [-0.39, 0.29) is 24.9 Å². The van der Waals surface area contributed by atoms with Gasteiger partial charge in [0.2, 0.25) is 11.8 Å². The van der Waals surface area contributed by atoms with Crippen molar-refractivity contribution in [3.05, 3.63) is 17.6 Å². The van der Waals surface area contributed by atoms with Gasteiger partial charge in [-0.05, 0) is 0 Å². The maximum Gasteiger partial charge on any atom is 0.266 e. The molecular formula is C16H20F2N8O. The molecule has 0 aliphatic carbocycles. The molecule has 0 aromatic carbocycles. The van der Waals surface area contributed by atoms with Crippen molar-refractivity contribution in [1.82, 2.24) is 35.2 Å². The Morgan fingerprint density at radius 1 is 1.15 bits per heavy atom. The van der Waals surface area contributed by atoms with E-state index in [0.29, 0.717) is 34.6 Å². The van der Waals surface area contributed by atoms with Gasteiger partial charge in [0.05, 0.1) is 6.54 Å². The molecule has 4 rings (SSSR count). The molecule has 0 spiro atoms. The molecule has 0 N–H and O–H groups in total. The van der Waals surface area contributed by atoms with Crippen LogP contribution in [0.15, 0.2) is 4.42 Å². The van der Waals surface area contributed by atoms with Crippen molar-refractivity contribution in [2.45, 2.75) is 52.0 Å². The average Bonchev–Trinajstić information content (AvgIpc) is 3.26. The largest absolute Gasteiger partial charge is 0.424 e. The predicted octanol–water partition coefficient (Wildman–Crippen LogP) is 2.10. The molecule has 0 amide bonds. The summed E-state index contributed by atoms with van der Waals surface area (Å²) >= 11 is 0. The summed E-state index contributed by atoms with van der Waals surface area (Å²) in [6.07, 6.45) is -0.210. The van der Waals surface area contributed by atoms with Crippen LogP contribution in [-0.4, -0.2) is 54.2 Å². The molecule has 4 heterocycles. The Kier molecular flexibility index (Phi) is 3.86. The van der Waals surface area contributed by atoms with Gasteiger partial charge in [0, 0.05) is 25.3 Å². The number of fused-ring (bicyclic) bond motifs is 1. The zero-order chi connectivity index (χ0) is 19.4. The molecule has 1 aliphatic rings. The molecule has 3 aromatic heterocycles. The molecule has 27 heavy (non-hydrogen) atoms. The fourth-order valence-electron chi connectivity index (χ4n) is 2.95. The van der Waals surface area contributed by atoms with Crippen LogP contribution >= 0.6 is 0 Å². The first-order valence-electron chi connectivity index (χ1n) is 8.66. The first kappa shape index (κ1) is 17.7. The van der Waals surface area contributed by atoms with Crippen molar-refractivity contribution in [2.24, 2.45) is 0 Å². The number of rotatable bonds is 3. The molecular weight excluding hydrogens is 358 g/mol. The monoisotopic (exact) mass is 378 g/mol. The molecule has 0 unspecified atom stereocenters. The molecule has 1 aliphatic heterocycles. The second-order valence-corrected chi connectivity index (χ2v) is 7.78. The summed E-state index contributed by atoms with van der Waals surface area (Å²) in [5, 5.41) is 16.0. The number of hydrogen-bond donors (Lipinski definition) is 0. The summed E-state index contributed by atoms with van der Waals surface area (Å²) in [7, 11) is 0. The number of anilines is 1. The lowest BCUT2D eigenvalue weighted by atomic mass is 9.96. The van der Waals surface area contributed by atoms with Crippen LogP contribution in [0.4, 0.5) is 14.6 Å². The second-order valence-electron chi connectivity index (χ2n) is 7.78. The molecule has 9 nitrogen and oxygen atoms in total. The van der Waals surface area contributed by atoms with Gasteiger partial charge in [0.15, 0.2) is 17.0 Å². The van der Waals surface area contributed by atoms with Crippen molar-refractivity contribution < 1.29 is 13.2 Å². The molecule has 0 bridgehead atoms. The van der Waals surface area contributed by atoms with Gasteiger partial charge in [-0.3, -0.25) is 0 Å². The minimum atomic E-state index is -2.74. The fraction of sp³-hybridized carbons (Fsp3) is 0.625. The van der Waals surface area contributed by atoms with E-state index in [0.717, 1.165) is 0 Å². The molecule has 0 radical (unpaired) electrons. The maximum atomic E-state index is 13.8. The van der Waals surface area contributed by atoms with Crippen LogP contribution in [0.1, 0.15) is 44.8 Å². The van der Waals surface area contributed by atoms with E-state index in [4.69, 9.17) is 4.42 Å². The highest BCUT2D eigenvalue weighted by Gasteiger charge is 2.40. The first-order valence-corrected chi connectivity index (χ1v) is 8.66. The Labute approximate surface area is 153 Å². The SMILES string of the molecule is Cc1nnc(Cn2nnc3c(N4CCC(F)(F)C4)nc(C(C)(C)C)nc32)o1. The topological polar surface area (TPSA) is 98.7 Å². The summed E-state index contributed by atoms with van der Waals surface area (Å²) in [4.78, 5) is 10.7. The van der Waals surface area contributed by atoms with Crippen molar-refractivity contribution in [3.63, 3.8) is 0 Å². The third-order valence-corrected chi connectivity index (χ3v) is 4.34. The van der Waals surface area contributed by atoms with Gasteiger partial charge in [0.1, 0.15) is 12.4 Å². The minimum absolute atomic E-state index is 0.188. The highest BCUT2D eigenvalue weighted by Crippen LogP contribution is 2.34. The number of halogens is 2. The van der Waals surface area contributed by atoms with Crippen molar-refractivity contribution >= 4 is 17.0 Å². The Hall–Kier alpha value is -2.72. The Morgan fingerprint density at radius 3 is 2.52 bits per heavy atom. The first-order chi connectivity index (χ1) is 12.6. The third-order valence-electron chi connectivity index (χ3n) is 4.34. The summed E-state index contributed by atoms with van der Waals surface area (Å²) in [6.45, 7) is 7.59. The van der Waals surface area contributed by atoms with Crippen LogP contribution in [0.25, 0.3) is 11.2 Å². The molecule has 3 aromatic rings. The number of aryl methyl sites for hydroxylation is 1. The number of alkyl halides is 2. The van der Waals surface area contributed by atoms with E-state index in [9.17, 15) is 8.78 Å². The lowest BCUT2D eigenvalue weighted by molar-refractivity contribution is 0.0257. The van der Waals surface area contributed by atoms with E-state index in [2.05, 4.69) is 30.5 Å². The van der Waals surface area contributed by atoms with Gasteiger partial charge in [0.25, 0.3) is 5.92 Å². The minimum Gasteiger partial charge on any atom is -0.424 e. The lowest BCUT2D eigenvalue weighted by Crippen LogP contribution is -2.27. The number of nitrogens with zero attached hydrogens (tertiary/aromatic N) is 8. The quantitative estimate of drug-likeness (QED) is 0.683. The molecule has 1 fully saturated rings. The molecule has 0 atom stereocenters. The van der Waals surface area contributed by atoms with E-state index in [1.54, 1.807) is 11.8 Å². The standard InChI is InChI=1S/C16H20F2N8O/c1-9-21-22-10(27-9)7-26-13-11(23-24-26)12(19-14(20-13)15(2,3)4)25-6-5-16(17,18)8-25/h5-8H2,1-4H3. The summed E-state index contributed by atoms with van der Waals surface area (Å²) in [6, 6.07) is 0. The van der Waals surface area contributed by atoms with Crippen molar-refractivity contribution in [3.8, 4) is 0 Å². The van der Waals surface area contributed by atoms with Gasteiger partial charge in [-0.2, -0.15) is 0 Å². The Bertz CT molecular complexity index is 990. The zero-order valence-electron chi connectivity index (χ0n) is 15.6. The fourth-order valence-corrected chi connectivity index (χ4v) is 2.95. The van der Waals surface area contributed by atoms with Crippen LogP contribution in [0, 0.1) is 6.92 Å². The third kappa shape index (κ3) is 3.33. The maximum absolute atomic E-state index is 13.8. The molecule has 144 valence electrons. The van der Waals surface area contributed by atoms with Gasteiger partial charge in [-0.25, -0.2) is 23.4 Å². The van der Waals surface area contributed by atoms with E-state index < -0.39 is 12.5 Å². The lowest BCUT2D eigenvalue weighted by Gasteiger charge is -2.22. The van der Waals surface area contributed by atoms with E-state index in [1.807, 2.05) is 20.8 Å². The Balaban J connectivity index is 1.82. The smallest absolute Gasteiger partial charge is 0.266 e. The van der Waals surface area contributed by atoms with E-state index >= 15 is 0 Å². The van der Waals surface area contributed by atoms with Crippen molar-refractivity contribution in [1.29, 1.82) is 0 Å². The van der Waals surface area contributed by atoms with Crippen molar-refractivity contribution in [2.75, 3.05) is 18.0 Å². The van der Waals surface area contributed by atoms with Gasteiger partial charge in [-0.1, -0.05) is 26.0 Å². The van der Waals surface area contributed by atoms with Gasteiger partial charge >= 0.3 is 0 Å². The van der Waals surface area contributed by atoms with Crippen LogP contribution in [0.2, 0.25) is 0 Å². The van der Waals surface area contributed by atoms with Crippen LogP contribution < -0.4 is 4.90 Å². The summed E-state index contributed by atoms with van der Waals surface area (Å²) in [5.41, 5.74) is 0.467. The highest BCUT2D eigenvalue weighted by molar-refractivity contribution is 5.83. The average molecular weight is 378 g/mol. The summed E-state index contributed by atoms with van der Waals surface area (Å²) < 4.78 is 34.4. The molecule has 11 heteroatoms. The predicted molar refractivity (Wildman–Crippen MR) is 91.7 cm³/mol.